The lowest BCUT2D eigenvalue weighted by Gasteiger charge is -2.18. The van der Waals surface area contributed by atoms with Gasteiger partial charge in [-0.25, -0.2) is 13.1 Å². The highest BCUT2D eigenvalue weighted by atomic mass is 32.2. The van der Waals surface area contributed by atoms with E-state index in [1.165, 1.54) is 29.2 Å². The van der Waals surface area contributed by atoms with Gasteiger partial charge in [-0.15, -0.1) is 0 Å². The van der Waals surface area contributed by atoms with Crippen LogP contribution < -0.4 is 4.72 Å². The number of hydrogen-bond acceptors (Lipinski definition) is 4. The molecule has 0 radical (unpaired) electrons. The summed E-state index contributed by atoms with van der Waals surface area (Å²) in [6, 6.07) is 7.52. The first-order valence-electron chi connectivity index (χ1n) is 6.22. The summed E-state index contributed by atoms with van der Waals surface area (Å²) in [5.74, 6) is -0.282. The quantitative estimate of drug-likeness (QED) is 0.836. The second-order valence-electron chi connectivity index (χ2n) is 4.03. The molecule has 0 aliphatic heterocycles. The van der Waals surface area contributed by atoms with Gasteiger partial charge in [-0.2, -0.15) is 5.26 Å². The molecular weight excluding hydrogens is 278 g/mol. The van der Waals surface area contributed by atoms with Crippen molar-refractivity contribution in [3.8, 4) is 6.07 Å². The minimum Gasteiger partial charge on any atom is -0.342 e. The second-order valence-corrected chi connectivity index (χ2v) is 5.80. The molecule has 0 spiro atoms. The normalized spacial score (nSPS) is 10.8. The van der Waals surface area contributed by atoms with Crippen LogP contribution >= 0.6 is 0 Å². The monoisotopic (exact) mass is 295 g/mol. The molecular formula is C13H17N3O3S. The zero-order valence-electron chi connectivity index (χ0n) is 11.5. The number of benzene rings is 1. The predicted molar refractivity (Wildman–Crippen MR) is 74.3 cm³/mol. The number of nitriles is 1. The van der Waals surface area contributed by atoms with Crippen molar-refractivity contribution >= 4 is 15.9 Å². The number of amides is 1. The second kappa shape index (κ2) is 7.03. The van der Waals surface area contributed by atoms with Crippen molar-refractivity contribution < 1.29 is 13.2 Å². The fourth-order valence-electron chi connectivity index (χ4n) is 1.66. The maximum atomic E-state index is 12.0. The minimum atomic E-state index is -3.79. The fraction of sp³-hybridized carbons (Fsp3) is 0.385. The van der Waals surface area contributed by atoms with Gasteiger partial charge in [-0.3, -0.25) is 4.79 Å². The summed E-state index contributed by atoms with van der Waals surface area (Å²) in [6.07, 6.45) is 0. The van der Waals surface area contributed by atoms with E-state index < -0.39 is 10.0 Å². The maximum Gasteiger partial charge on any atom is 0.241 e. The van der Waals surface area contributed by atoms with Gasteiger partial charge in [-0.05, 0) is 32.0 Å². The van der Waals surface area contributed by atoms with Crippen LogP contribution in [-0.2, 0) is 14.8 Å². The van der Waals surface area contributed by atoms with Crippen LogP contribution in [0.25, 0.3) is 0 Å². The highest BCUT2D eigenvalue weighted by Crippen LogP contribution is 2.10. The lowest BCUT2D eigenvalue weighted by Crippen LogP contribution is -2.39. The van der Waals surface area contributed by atoms with E-state index >= 15 is 0 Å². The summed E-state index contributed by atoms with van der Waals surface area (Å²) in [5, 5.41) is 8.76. The van der Waals surface area contributed by atoms with Crippen molar-refractivity contribution in [3.05, 3.63) is 29.8 Å². The fourth-order valence-corrected chi connectivity index (χ4v) is 2.68. The number of carbonyl (C=O) groups is 1. The Hall–Kier alpha value is -1.91. The average molecular weight is 295 g/mol. The standard InChI is InChI=1S/C13H17N3O3S/c1-3-16(4-2)13(17)10-15-20(18,19)12-7-5-6-11(8-12)9-14/h5-8,15H,3-4,10H2,1-2H3. The first-order valence-corrected chi connectivity index (χ1v) is 7.70. The Bertz CT molecular complexity index is 616. The molecule has 1 N–H and O–H groups in total. The number of sulfonamides is 1. The van der Waals surface area contributed by atoms with Gasteiger partial charge in [0.15, 0.2) is 0 Å². The highest BCUT2D eigenvalue weighted by Gasteiger charge is 2.17. The van der Waals surface area contributed by atoms with Crippen LogP contribution in [0.1, 0.15) is 19.4 Å². The molecule has 0 atom stereocenters. The van der Waals surface area contributed by atoms with Crippen LogP contribution in [0, 0.1) is 11.3 Å². The molecule has 1 amide bonds. The molecule has 108 valence electrons. The number of likely N-dealkylation sites (N-methyl/N-ethyl adjacent to an activating group) is 1. The third kappa shape index (κ3) is 4.05. The minimum absolute atomic E-state index is 0.0242. The Labute approximate surface area is 119 Å². The summed E-state index contributed by atoms with van der Waals surface area (Å²) in [5.41, 5.74) is 0.253. The third-order valence-electron chi connectivity index (χ3n) is 2.80. The van der Waals surface area contributed by atoms with E-state index in [2.05, 4.69) is 4.72 Å². The molecule has 0 heterocycles. The van der Waals surface area contributed by atoms with Crippen molar-refractivity contribution in [1.82, 2.24) is 9.62 Å². The molecule has 0 bridgehead atoms. The van der Waals surface area contributed by atoms with Crippen LogP contribution in [0.4, 0.5) is 0 Å². The average Bonchev–Trinajstić information content (AvgIpc) is 2.46. The number of hydrogen-bond donors (Lipinski definition) is 1. The Morgan fingerprint density at radius 1 is 1.35 bits per heavy atom. The number of nitrogens with one attached hydrogen (secondary N) is 1. The van der Waals surface area contributed by atoms with E-state index in [0.29, 0.717) is 13.1 Å². The Kier molecular flexibility index (Phi) is 5.67. The van der Waals surface area contributed by atoms with Gasteiger partial charge < -0.3 is 4.90 Å². The van der Waals surface area contributed by atoms with Gasteiger partial charge in [0.1, 0.15) is 0 Å². The van der Waals surface area contributed by atoms with E-state index in [1.54, 1.807) is 0 Å². The lowest BCUT2D eigenvalue weighted by molar-refractivity contribution is -0.129. The van der Waals surface area contributed by atoms with Crippen molar-refractivity contribution in [2.24, 2.45) is 0 Å². The van der Waals surface area contributed by atoms with E-state index in [1.807, 2.05) is 19.9 Å². The maximum absolute atomic E-state index is 12.0. The summed E-state index contributed by atoms with van der Waals surface area (Å²) in [4.78, 5) is 13.3. The smallest absolute Gasteiger partial charge is 0.241 e. The van der Waals surface area contributed by atoms with E-state index in [-0.39, 0.29) is 22.9 Å². The number of nitrogens with zero attached hydrogens (tertiary/aromatic N) is 2. The van der Waals surface area contributed by atoms with Gasteiger partial charge in [0.25, 0.3) is 0 Å². The van der Waals surface area contributed by atoms with Gasteiger partial charge in [0.05, 0.1) is 23.1 Å². The van der Waals surface area contributed by atoms with Gasteiger partial charge in [-0.1, -0.05) is 6.07 Å². The molecule has 0 aliphatic carbocycles. The Balaban J connectivity index is 2.80. The number of carbonyl (C=O) groups excluding carboxylic acids is 1. The molecule has 0 aliphatic rings. The van der Waals surface area contributed by atoms with Crippen LogP contribution in [0.3, 0.4) is 0 Å². The van der Waals surface area contributed by atoms with Gasteiger partial charge in [0, 0.05) is 13.1 Å². The first kappa shape index (κ1) is 16.1. The molecule has 7 heteroatoms. The van der Waals surface area contributed by atoms with Crippen molar-refractivity contribution in [2.45, 2.75) is 18.7 Å². The lowest BCUT2D eigenvalue weighted by atomic mass is 10.2. The first-order chi connectivity index (χ1) is 9.44. The van der Waals surface area contributed by atoms with Crippen LogP contribution in [0.2, 0.25) is 0 Å². The molecule has 0 saturated heterocycles. The molecule has 1 aromatic carbocycles. The molecule has 20 heavy (non-hydrogen) atoms. The van der Waals surface area contributed by atoms with Crippen LogP contribution in [0.15, 0.2) is 29.2 Å². The van der Waals surface area contributed by atoms with E-state index in [0.717, 1.165) is 0 Å². The molecule has 1 rings (SSSR count). The zero-order chi connectivity index (χ0) is 15.2. The molecule has 0 aromatic heterocycles. The van der Waals surface area contributed by atoms with Crippen molar-refractivity contribution in [3.63, 3.8) is 0 Å². The van der Waals surface area contributed by atoms with Gasteiger partial charge >= 0.3 is 0 Å². The molecule has 1 aromatic rings. The largest absolute Gasteiger partial charge is 0.342 e. The highest BCUT2D eigenvalue weighted by molar-refractivity contribution is 7.89. The van der Waals surface area contributed by atoms with Crippen molar-refractivity contribution in [1.29, 1.82) is 5.26 Å². The van der Waals surface area contributed by atoms with E-state index in [9.17, 15) is 13.2 Å². The molecule has 0 fully saturated rings. The van der Waals surface area contributed by atoms with Crippen molar-refractivity contribution in [2.75, 3.05) is 19.6 Å². The molecule has 0 unspecified atom stereocenters. The number of rotatable bonds is 6. The Morgan fingerprint density at radius 3 is 2.55 bits per heavy atom. The van der Waals surface area contributed by atoms with Crippen LogP contribution in [-0.4, -0.2) is 38.9 Å². The summed E-state index contributed by atoms with van der Waals surface area (Å²) < 4.78 is 26.3. The topological polar surface area (TPSA) is 90.3 Å². The zero-order valence-corrected chi connectivity index (χ0v) is 12.3. The van der Waals surface area contributed by atoms with Crippen LogP contribution in [0.5, 0.6) is 0 Å². The Morgan fingerprint density at radius 2 is 2.00 bits per heavy atom. The summed E-state index contributed by atoms with van der Waals surface area (Å²) in [6.45, 7) is 4.42. The summed E-state index contributed by atoms with van der Waals surface area (Å²) >= 11 is 0. The molecule has 6 nitrogen and oxygen atoms in total. The molecule has 0 saturated carbocycles. The SMILES string of the molecule is CCN(CC)C(=O)CNS(=O)(=O)c1cccc(C#N)c1. The summed E-state index contributed by atoms with van der Waals surface area (Å²) in [7, 11) is -3.79. The third-order valence-corrected chi connectivity index (χ3v) is 4.20. The van der Waals surface area contributed by atoms with Gasteiger partial charge in [0.2, 0.25) is 15.9 Å². The van der Waals surface area contributed by atoms with E-state index in [4.69, 9.17) is 5.26 Å². The predicted octanol–water partition coefficient (Wildman–Crippen LogP) is 0.705.